The highest BCUT2D eigenvalue weighted by Gasteiger charge is 2.18. The molecule has 0 aromatic carbocycles. The number of amides is 1. The van der Waals surface area contributed by atoms with Crippen LogP contribution in [-0.2, 0) is 4.79 Å². The summed E-state index contributed by atoms with van der Waals surface area (Å²) in [6, 6.07) is 1.47. The van der Waals surface area contributed by atoms with Crippen molar-refractivity contribution in [2.24, 2.45) is 0 Å². The van der Waals surface area contributed by atoms with Gasteiger partial charge in [0.15, 0.2) is 0 Å². The summed E-state index contributed by atoms with van der Waals surface area (Å²) in [6.07, 6.45) is 4.27. The molecule has 0 aromatic heterocycles. The first kappa shape index (κ1) is 16.4. The van der Waals surface area contributed by atoms with E-state index in [-0.39, 0.29) is 11.9 Å². The number of rotatable bonds is 6. The summed E-state index contributed by atoms with van der Waals surface area (Å²) in [5.41, 5.74) is 0. The third kappa shape index (κ3) is 6.92. The fourth-order valence-electron chi connectivity index (χ4n) is 2.62. The van der Waals surface area contributed by atoms with Gasteiger partial charge in [0.2, 0.25) is 5.91 Å². The van der Waals surface area contributed by atoms with Gasteiger partial charge in [-0.1, -0.05) is 0 Å². The van der Waals surface area contributed by atoms with Crippen molar-refractivity contribution in [1.82, 2.24) is 15.5 Å². The normalized spacial score (nSPS) is 21.7. The average molecular weight is 269 g/mol. The highest BCUT2D eigenvalue weighted by atomic mass is 16.1. The van der Waals surface area contributed by atoms with Crippen LogP contribution in [0.1, 0.15) is 53.4 Å². The largest absolute Gasteiger partial charge is 0.354 e. The zero-order valence-corrected chi connectivity index (χ0v) is 13.0. The van der Waals surface area contributed by atoms with Gasteiger partial charge in [-0.15, -0.1) is 0 Å². The minimum absolute atomic E-state index is 0.153. The van der Waals surface area contributed by atoms with Gasteiger partial charge in [-0.3, -0.25) is 4.79 Å². The van der Waals surface area contributed by atoms with Gasteiger partial charge < -0.3 is 15.5 Å². The Morgan fingerprint density at radius 2 is 1.95 bits per heavy atom. The van der Waals surface area contributed by atoms with Gasteiger partial charge >= 0.3 is 0 Å². The monoisotopic (exact) mass is 269 g/mol. The summed E-state index contributed by atoms with van der Waals surface area (Å²) in [4.78, 5) is 14.1. The van der Waals surface area contributed by atoms with Crippen LogP contribution in [0.2, 0.25) is 0 Å². The molecule has 19 heavy (non-hydrogen) atoms. The fourth-order valence-corrected chi connectivity index (χ4v) is 2.62. The Hall–Kier alpha value is -0.610. The van der Waals surface area contributed by atoms with Gasteiger partial charge in [0.25, 0.3) is 0 Å². The van der Waals surface area contributed by atoms with E-state index in [1.54, 1.807) is 0 Å². The Kier molecular flexibility index (Phi) is 7.39. The molecular weight excluding hydrogens is 238 g/mol. The molecule has 0 aromatic rings. The highest BCUT2D eigenvalue weighted by Crippen LogP contribution is 2.13. The molecule has 1 aliphatic heterocycles. The van der Waals surface area contributed by atoms with Crippen LogP contribution in [0.25, 0.3) is 0 Å². The van der Waals surface area contributed by atoms with Gasteiger partial charge in [0.1, 0.15) is 0 Å². The maximum atomic E-state index is 11.5. The van der Waals surface area contributed by atoms with Gasteiger partial charge in [-0.05, 0) is 60.0 Å². The molecule has 1 fully saturated rings. The molecule has 1 aliphatic rings. The molecule has 0 spiro atoms. The van der Waals surface area contributed by atoms with E-state index in [2.05, 4.69) is 29.4 Å². The Bertz CT molecular complexity index is 266. The first-order valence-electron chi connectivity index (χ1n) is 7.76. The van der Waals surface area contributed by atoms with Crippen molar-refractivity contribution in [3.63, 3.8) is 0 Å². The van der Waals surface area contributed by atoms with Crippen molar-refractivity contribution >= 4 is 5.91 Å². The molecule has 4 heteroatoms. The summed E-state index contributed by atoms with van der Waals surface area (Å²) in [7, 11) is 0. The Morgan fingerprint density at radius 1 is 1.21 bits per heavy atom. The maximum Gasteiger partial charge on any atom is 0.221 e. The van der Waals surface area contributed by atoms with E-state index < -0.39 is 0 Å². The van der Waals surface area contributed by atoms with Crippen LogP contribution in [0.4, 0.5) is 0 Å². The SMILES string of the molecule is CC(C)NC(=O)CCNC1CCCN(C(C)C)CC1. The molecule has 1 heterocycles. The maximum absolute atomic E-state index is 11.5. The second-order valence-electron chi connectivity index (χ2n) is 6.18. The van der Waals surface area contributed by atoms with Gasteiger partial charge in [-0.25, -0.2) is 0 Å². The van der Waals surface area contributed by atoms with E-state index in [1.165, 1.54) is 32.4 Å². The van der Waals surface area contributed by atoms with Crippen LogP contribution in [0.3, 0.4) is 0 Å². The molecular formula is C15H31N3O. The molecule has 1 atom stereocenters. The van der Waals surface area contributed by atoms with Crippen LogP contribution in [0.15, 0.2) is 0 Å². The quantitative estimate of drug-likeness (QED) is 0.772. The number of nitrogens with zero attached hydrogens (tertiary/aromatic N) is 1. The van der Waals surface area contributed by atoms with E-state index >= 15 is 0 Å². The van der Waals surface area contributed by atoms with Crippen LogP contribution in [0, 0.1) is 0 Å². The van der Waals surface area contributed by atoms with E-state index in [4.69, 9.17) is 0 Å². The molecule has 0 saturated carbocycles. The summed E-state index contributed by atoms with van der Waals surface area (Å²) >= 11 is 0. The zero-order valence-electron chi connectivity index (χ0n) is 13.0. The predicted octanol–water partition coefficient (Wildman–Crippen LogP) is 1.75. The number of carbonyl (C=O) groups excluding carboxylic acids is 1. The molecule has 0 aliphatic carbocycles. The molecule has 4 nitrogen and oxygen atoms in total. The average Bonchev–Trinajstić information content (AvgIpc) is 2.53. The summed E-state index contributed by atoms with van der Waals surface area (Å²) in [5, 5.41) is 6.47. The summed E-state index contributed by atoms with van der Waals surface area (Å²) in [6.45, 7) is 11.7. The van der Waals surface area contributed by atoms with Crippen molar-refractivity contribution in [3.05, 3.63) is 0 Å². The van der Waals surface area contributed by atoms with Gasteiger partial charge in [0, 0.05) is 31.1 Å². The van der Waals surface area contributed by atoms with Crippen LogP contribution in [0.5, 0.6) is 0 Å². The number of likely N-dealkylation sites (tertiary alicyclic amines) is 1. The van der Waals surface area contributed by atoms with Crippen molar-refractivity contribution in [1.29, 1.82) is 0 Å². The standard InChI is InChI=1S/C15H31N3O/c1-12(2)17-15(19)7-9-16-14-6-5-10-18(11-8-14)13(3)4/h12-14,16H,5-11H2,1-4H3,(H,17,19). The van der Waals surface area contributed by atoms with Crippen molar-refractivity contribution in [2.75, 3.05) is 19.6 Å². The molecule has 1 saturated heterocycles. The third-order valence-electron chi connectivity index (χ3n) is 3.73. The van der Waals surface area contributed by atoms with Crippen molar-refractivity contribution < 1.29 is 4.79 Å². The lowest BCUT2D eigenvalue weighted by atomic mass is 10.1. The van der Waals surface area contributed by atoms with E-state index in [0.29, 0.717) is 18.5 Å². The fraction of sp³-hybridized carbons (Fsp3) is 0.933. The highest BCUT2D eigenvalue weighted by molar-refractivity contribution is 5.76. The lowest BCUT2D eigenvalue weighted by molar-refractivity contribution is -0.121. The van der Waals surface area contributed by atoms with E-state index in [1.807, 2.05) is 13.8 Å². The minimum atomic E-state index is 0.153. The Morgan fingerprint density at radius 3 is 2.58 bits per heavy atom. The van der Waals surface area contributed by atoms with Crippen LogP contribution >= 0.6 is 0 Å². The van der Waals surface area contributed by atoms with Crippen LogP contribution < -0.4 is 10.6 Å². The van der Waals surface area contributed by atoms with E-state index in [0.717, 1.165) is 6.54 Å². The van der Waals surface area contributed by atoms with Crippen molar-refractivity contribution in [3.8, 4) is 0 Å². The molecule has 1 amide bonds. The molecule has 0 bridgehead atoms. The second kappa shape index (κ2) is 8.54. The summed E-state index contributed by atoms with van der Waals surface area (Å²) in [5.74, 6) is 0.153. The molecule has 1 unspecified atom stereocenters. The van der Waals surface area contributed by atoms with Gasteiger partial charge in [-0.2, -0.15) is 0 Å². The number of hydrogen-bond acceptors (Lipinski definition) is 3. The smallest absolute Gasteiger partial charge is 0.221 e. The van der Waals surface area contributed by atoms with Crippen LogP contribution in [-0.4, -0.2) is 48.6 Å². The summed E-state index contributed by atoms with van der Waals surface area (Å²) < 4.78 is 0. The molecule has 0 radical (unpaired) electrons. The Balaban J connectivity index is 2.18. The molecule has 1 rings (SSSR count). The minimum Gasteiger partial charge on any atom is -0.354 e. The van der Waals surface area contributed by atoms with Gasteiger partial charge in [0.05, 0.1) is 0 Å². The number of nitrogens with one attached hydrogen (secondary N) is 2. The number of carbonyl (C=O) groups is 1. The third-order valence-corrected chi connectivity index (χ3v) is 3.73. The lowest BCUT2D eigenvalue weighted by Gasteiger charge is -2.24. The predicted molar refractivity (Wildman–Crippen MR) is 80.2 cm³/mol. The van der Waals surface area contributed by atoms with Crippen molar-refractivity contribution in [2.45, 2.75) is 71.5 Å². The zero-order chi connectivity index (χ0) is 14.3. The molecule has 112 valence electrons. The second-order valence-corrected chi connectivity index (χ2v) is 6.18. The first-order valence-corrected chi connectivity index (χ1v) is 7.76. The number of hydrogen-bond donors (Lipinski definition) is 2. The Labute approximate surface area is 118 Å². The topological polar surface area (TPSA) is 44.4 Å². The molecule has 2 N–H and O–H groups in total. The van der Waals surface area contributed by atoms with E-state index in [9.17, 15) is 4.79 Å². The first-order chi connectivity index (χ1) is 8.99. The lowest BCUT2D eigenvalue weighted by Crippen LogP contribution is -2.36.